The molecule has 144 valence electrons. The Balaban J connectivity index is -0.00000000623. The first kappa shape index (κ1) is 104. The second-order valence-electron chi connectivity index (χ2n) is 0.894. The van der Waals surface area contributed by atoms with Crippen LogP contribution >= 0.6 is 0 Å². The van der Waals surface area contributed by atoms with E-state index in [0.717, 1.165) is 0 Å². The van der Waals surface area contributed by atoms with E-state index < -0.39 is 20.3 Å². The molecule has 0 amide bonds. The molecule has 25 heteroatoms. The molecule has 25 heavy (non-hydrogen) atoms. The van der Waals surface area contributed by atoms with Crippen molar-refractivity contribution in [3.8, 4) is 0 Å². The van der Waals surface area contributed by atoms with Crippen molar-refractivity contribution >= 4 is 0 Å². The van der Waals surface area contributed by atoms with E-state index in [2.05, 4.69) is 0 Å². The SMILES string of the molecule is O.O.O=[N+]([O-])[O-].O=[N+]([O-])[O-].O=[N+]([O-])[O-].O=[N+]([O-])[O-].[O-2].[O-2].[O-2].[O-2].[Zr+4].[Zr+4].[Zr+4]. The molecule has 0 aliphatic heterocycles. The maximum Gasteiger partial charge on any atom is 4.00 e. The minimum atomic E-state index is -1.75. The van der Waals surface area contributed by atoms with Crippen LogP contribution in [0.15, 0.2) is 0 Å². The molecule has 0 rings (SSSR count). The summed E-state index contributed by atoms with van der Waals surface area (Å²) in [5.41, 5.74) is 0. The van der Waals surface area contributed by atoms with E-state index in [-0.39, 0.29) is 111 Å². The van der Waals surface area contributed by atoms with E-state index in [1.54, 1.807) is 0 Å². The van der Waals surface area contributed by atoms with Gasteiger partial charge in [-0.2, -0.15) is 0 Å². The maximum absolute atomic E-state index is 8.25. The largest absolute Gasteiger partial charge is 4.00 e. The predicted octanol–water partition coefficient (Wildman–Crippen LogP) is -3.09. The normalized spacial score (nSPS) is 3.84. The minimum Gasteiger partial charge on any atom is -2.00 e. The van der Waals surface area contributed by atoms with Crippen molar-refractivity contribution in [1.29, 1.82) is 0 Å². The van der Waals surface area contributed by atoms with Crippen LogP contribution in [0.4, 0.5) is 0 Å². The summed E-state index contributed by atoms with van der Waals surface area (Å²) in [4.78, 5) is 33.0. The van der Waals surface area contributed by atoms with Gasteiger partial charge in [-0.3, -0.25) is 0 Å². The van der Waals surface area contributed by atoms with Gasteiger partial charge in [-0.1, -0.05) is 0 Å². The summed E-state index contributed by atoms with van der Waals surface area (Å²) >= 11 is 0. The van der Waals surface area contributed by atoms with Gasteiger partial charge in [0.15, 0.2) is 0 Å². The molecule has 0 atom stereocenters. The Hall–Kier alpha value is -0.791. The predicted molar refractivity (Wildman–Crippen MR) is 51.4 cm³/mol. The Bertz CT molecular complexity index is 168. The summed E-state index contributed by atoms with van der Waals surface area (Å²) in [5, 5.41) is 59.0. The average molecular weight is 622 g/mol. The van der Waals surface area contributed by atoms with Gasteiger partial charge in [-0.25, -0.2) is 0 Å². The first-order valence-corrected chi connectivity index (χ1v) is 2.19. The van der Waals surface area contributed by atoms with Crippen molar-refractivity contribution in [1.82, 2.24) is 0 Å². The molecule has 0 fully saturated rings. The van der Waals surface area contributed by atoms with Gasteiger partial charge in [0.25, 0.3) is 0 Å². The fourth-order valence-corrected chi connectivity index (χ4v) is 0. The summed E-state index contributed by atoms with van der Waals surface area (Å²) in [6.45, 7) is 0. The molecule has 0 radical (unpaired) electrons. The van der Waals surface area contributed by atoms with E-state index in [0.29, 0.717) is 0 Å². The number of hydrogen-bond acceptors (Lipinski definition) is 12. The topological polar surface area (TPSA) is 442 Å². The monoisotopic (exact) mass is 618 g/mol. The molecular formula is H4N4O18Zr3. The Morgan fingerprint density at radius 3 is 0.360 bits per heavy atom. The third kappa shape index (κ3) is 16700. The summed E-state index contributed by atoms with van der Waals surface area (Å²) in [6, 6.07) is 0. The molecule has 0 spiro atoms. The molecule has 22 nitrogen and oxygen atoms in total. The van der Waals surface area contributed by atoms with Crippen molar-refractivity contribution in [2.45, 2.75) is 0 Å². The number of rotatable bonds is 0. The number of nitrogens with zero attached hydrogens (tertiary/aromatic N) is 4. The maximum atomic E-state index is 8.25. The second kappa shape index (κ2) is 91.1. The van der Waals surface area contributed by atoms with Crippen LogP contribution in [0, 0.1) is 61.3 Å². The smallest absolute Gasteiger partial charge is 2.00 e. The Morgan fingerprint density at radius 2 is 0.360 bits per heavy atom. The van der Waals surface area contributed by atoms with Crippen LogP contribution in [-0.2, 0) is 101 Å². The van der Waals surface area contributed by atoms with Crippen molar-refractivity contribution in [2.75, 3.05) is 0 Å². The first-order chi connectivity index (χ1) is 6.93. The van der Waals surface area contributed by atoms with Crippen LogP contribution in [0.2, 0.25) is 0 Å². The van der Waals surface area contributed by atoms with Gasteiger partial charge in [-0.05, 0) is 0 Å². The average Bonchev–Trinajstić information content (AvgIpc) is 1.76. The minimum absolute atomic E-state index is 0. The molecule has 0 saturated heterocycles. The molecule has 4 N–H and O–H groups in total. The molecule has 0 saturated carbocycles. The fraction of sp³-hybridized carbons (Fsp3) is 0. The van der Waals surface area contributed by atoms with Crippen molar-refractivity contribution < 1.29 is 132 Å². The third-order valence-electron chi connectivity index (χ3n) is 0. The fourth-order valence-electron chi connectivity index (χ4n) is 0. The van der Waals surface area contributed by atoms with Gasteiger partial charge in [0.1, 0.15) is 0 Å². The van der Waals surface area contributed by atoms with Gasteiger partial charge in [0.2, 0.25) is 0 Å². The molecule has 0 aliphatic rings. The van der Waals surface area contributed by atoms with E-state index in [1.165, 1.54) is 0 Å². The van der Waals surface area contributed by atoms with Gasteiger partial charge in [-0.15, -0.1) is 0 Å². The Kier molecular flexibility index (Phi) is 378. The standard InChI is InChI=1S/4NO3.2H2O.4O.3Zr/c4*2-1(3)4;;;;;;;;;/h;;;;2*1H2;;;;;;;/q4*-1;;;4*-2;3*+4. The van der Waals surface area contributed by atoms with Gasteiger partial charge >= 0.3 is 78.6 Å². The molecule has 0 aliphatic carbocycles. The summed E-state index contributed by atoms with van der Waals surface area (Å²) < 4.78 is 0. The zero-order chi connectivity index (χ0) is 14.3. The van der Waals surface area contributed by atoms with E-state index in [9.17, 15) is 0 Å². The van der Waals surface area contributed by atoms with Crippen molar-refractivity contribution in [3.05, 3.63) is 61.3 Å². The van der Waals surface area contributed by atoms with E-state index in [4.69, 9.17) is 61.3 Å². The third-order valence-corrected chi connectivity index (χ3v) is 0. The van der Waals surface area contributed by atoms with E-state index >= 15 is 0 Å². The van der Waals surface area contributed by atoms with Crippen molar-refractivity contribution in [3.63, 3.8) is 0 Å². The molecule has 0 aromatic rings. The molecule has 0 aromatic heterocycles. The first-order valence-electron chi connectivity index (χ1n) is 2.19. The zero-order valence-corrected chi connectivity index (χ0v) is 18.2. The Labute approximate surface area is 192 Å². The summed E-state index contributed by atoms with van der Waals surface area (Å²) in [7, 11) is 0. The quantitative estimate of drug-likeness (QED) is 0.192. The molecular weight excluding hydrogens is 618 g/mol. The Morgan fingerprint density at radius 1 is 0.360 bits per heavy atom. The van der Waals surface area contributed by atoms with Crippen LogP contribution in [0.25, 0.3) is 0 Å². The van der Waals surface area contributed by atoms with Crippen LogP contribution in [0.5, 0.6) is 0 Å². The zero-order valence-electron chi connectivity index (χ0n) is 10.8. The molecule has 0 bridgehead atoms. The molecule has 0 unspecified atom stereocenters. The van der Waals surface area contributed by atoms with Crippen LogP contribution in [-0.4, -0.2) is 31.3 Å². The van der Waals surface area contributed by atoms with Gasteiger partial charge in [0.05, 0.1) is 20.3 Å². The summed E-state index contributed by atoms with van der Waals surface area (Å²) in [5.74, 6) is 0. The van der Waals surface area contributed by atoms with E-state index in [1.807, 2.05) is 0 Å². The second-order valence-corrected chi connectivity index (χ2v) is 0.894. The van der Waals surface area contributed by atoms with Crippen LogP contribution < -0.4 is 0 Å². The van der Waals surface area contributed by atoms with Crippen molar-refractivity contribution in [2.24, 2.45) is 0 Å². The molecule has 0 aromatic carbocycles. The number of hydrogen-bond donors (Lipinski definition) is 0. The molecule has 0 heterocycles. The van der Waals surface area contributed by atoms with Crippen LogP contribution in [0.1, 0.15) is 0 Å². The van der Waals surface area contributed by atoms with Gasteiger partial charge in [0, 0.05) is 0 Å². The van der Waals surface area contributed by atoms with Crippen LogP contribution in [0.3, 0.4) is 0 Å². The van der Waals surface area contributed by atoms with Gasteiger partial charge < -0.3 is 94.1 Å². The summed E-state index contributed by atoms with van der Waals surface area (Å²) in [6.07, 6.45) is 0.